The molecule has 5 rings (SSSR count). The molecule has 0 unspecified atom stereocenters. The van der Waals surface area contributed by atoms with E-state index in [4.69, 9.17) is 9.84 Å². The van der Waals surface area contributed by atoms with Crippen LogP contribution in [0.5, 0.6) is 5.75 Å². The van der Waals surface area contributed by atoms with E-state index in [1.165, 1.54) is 11.1 Å². The molecule has 0 saturated heterocycles. The van der Waals surface area contributed by atoms with Gasteiger partial charge < -0.3 is 15.0 Å². The summed E-state index contributed by atoms with van der Waals surface area (Å²) < 4.78 is 8.01. The van der Waals surface area contributed by atoms with E-state index in [0.717, 1.165) is 46.7 Å². The van der Waals surface area contributed by atoms with Crippen LogP contribution in [-0.4, -0.2) is 52.8 Å². The van der Waals surface area contributed by atoms with E-state index in [2.05, 4.69) is 42.3 Å². The summed E-state index contributed by atoms with van der Waals surface area (Å²) in [7, 11) is 3.82. The molecule has 1 amide bonds. The van der Waals surface area contributed by atoms with Crippen LogP contribution in [0.1, 0.15) is 46.9 Å². The predicted octanol–water partition coefficient (Wildman–Crippen LogP) is 5.16. The second-order valence-corrected chi connectivity index (χ2v) is 10.1. The quantitative estimate of drug-likeness (QED) is 0.337. The number of benzene rings is 2. The highest BCUT2D eigenvalue weighted by atomic mass is 16.5. The second kappa shape index (κ2) is 11.2. The van der Waals surface area contributed by atoms with Gasteiger partial charge in [0.05, 0.1) is 6.54 Å². The van der Waals surface area contributed by atoms with Crippen molar-refractivity contribution >= 4 is 5.91 Å². The number of ether oxygens (including phenoxy) is 1. The molecule has 0 spiro atoms. The van der Waals surface area contributed by atoms with Crippen molar-refractivity contribution in [3.05, 3.63) is 89.4 Å². The van der Waals surface area contributed by atoms with Gasteiger partial charge >= 0.3 is 0 Å². The van der Waals surface area contributed by atoms with E-state index in [0.29, 0.717) is 31.3 Å². The van der Waals surface area contributed by atoms with E-state index in [-0.39, 0.29) is 5.91 Å². The zero-order valence-corrected chi connectivity index (χ0v) is 22.6. The monoisotopic (exact) mass is 509 g/mol. The Bertz CT molecular complexity index is 1410. The van der Waals surface area contributed by atoms with E-state index >= 15 is 0 Å². The number of carbonyl (C=O) groups is 1. The second-order valence-electron chi connectivity index (χ2n) is 10.1. The van der Waals surface area contributed by atoms with Crippen LogP contribution >= 0.6 is 0 Å². The van der Waals surface area contributed by atoms with Gasteiger partial charge in [-0.3, -0.25) is 14.5 Å². The fraction of sp³-hybridized carbons (Fsp3) is 0.323. The fourth-order valence-corrected chi connectivity index (χ4v) is 5.03. The minimum Gasteiger partial charge on any atom is -0.489 e. The molecule has 0 radical (unpaired) electrons. The lowest BCUT2D eigenvalue weighted by atomic mass is 9.93. The van der Waals surface area contributed by atoms with Crippen LogP contribution < -0.4 is 10.1 Å². The lowest BCUT2D eigenvalue weighted by Crippen LogP contribution is -2.37. The van der Waals surface area contributed by atoms with Crippen LogP contribution in [0.25, 0.3) is 22.4 Å². The smallest absolute Gasteiger partial charge is 0.272 e. The van der Waals surface area contributed by atoms with Crippen molar-refractivity contribution in [2.45, 2.75) is 39.3 Å². The Morgan fingerprint density at radius 3 is 2.47 bits per heavy atom. The molecule has 38 heavy (non-hydrogen) atoms. The Morgan fingerprint density at radius 2 is 1.76 bits per heavy atom. The van der Waals surface area contributed by atoms with E-state index in [1.807, 2.05) is 55.2 Å². The zero-order chi connectivity index (χ0) is 26.6. The van der Waals surface area contributed by atoms with Gasteiger partial charge in [-0.2, -0.15) is 5.10 Å². The van der Waals surface area contributed by atoms with Crippen molar-refractivity contribution in [1.82, 2.24) is 25.0 Å². The van der Waals surface area contributed by atoms with Crippen LogP contribution in [-0.2, 0) is 19.6 Å². The van der Waals surface area contributed by atoms with Crippen LogP contribution in [0.2, 0.25) is 0 Å². The number of likely N-dealkylation sites (N-methyl/N-ethyl adjacent to an activating group) is 2. The van der Waals surface area contributed by atoms with Gasteiger partial charge in [-0.05, 0) is 72.5 Å². The predicted molar refractivity (Wildman–Crippen MR) is 150 cm³/mol. The number of fused-ring (bicyclic) bond motifs is 1. The first-order valence-corrected chi connectivity index (χ1v) is 13.2. The molecule has 7 heteroatoms. The number of carbonyl (C=O) groups excluding carboxylic acids is 1. The molecule has 1 N–H and O–H groups in total. The minimum absolute atomic E-state index is 0.0155. The van der Waals surface area contributed by atoms with Crippen LogP contribution in [0, 0.1) is 0 Å². The molecule has 0 bridgehead atoms. The van der Waals surface area contributed by atoms with Crippen molar-refractivity contribution in [3.8, 4) is 28.1 Å². The summed E-state index contributed by atoms with van der Waals surface area (Å²) in [5, 5.41) is 8.09. The highest BCUT2D eigenvalue weighted by molar-refractivity contribution is 6.03. The molecule has 1 aliphatic rings. The Labute approximate surface area is 224 Å². The molecule has 3 heterocycles. The summed E-state index contributed by atoms with van der Waals surface area (Å²) in [6, 6.07) is 18.5. The molecule has 4 aromatic rings. The molecule has 0 aliphatic carbocycles. The van der Waals surface area contributed by atoms with Gasteiger partial charge in [-0.15, -0.1) is 0 Å². The third-order valence-electron chi connectivity index (χ3n) is 7.12. The number of aromatic nitrogens is 3. The third kappa shape index (κ3) is 5.20. The van der Waals surface area contributed by atoms with E-state index < -0.39 is 0 Å². The molecule has 1 aliphatic heterocycles. The number of amides is 1. The van der Waals surface area contributed by atoms with E-state index in [9.17, 15) is 4.79 Å². The van der Waals surface area contributed by atoms with Gasteiger partial charge in [0.15, 0.2) is 0 Å². The van der Waals surface area contributed by atoms with Gasteiger partial charge in [0.1, 0.15) is 23.7 Å². The normalized spacial score (nSPS) is 13.2. The Balaban J connectivity index is 1.40. The average molecular weight is 510 g/mol. The molecule has 0 saturated carbocycles. The Kier molecular flexibility index (Phi) is 7.56. The number of rotatable bonds is 9. The molecular weight excluding hydrogens is 474 g/mol. The first-order valence-electron chi connectivity index (χ1n) is 13.2. The van der Waals surface area contributed by atoms with Crippen molar-refractivity contribution in [2.75, 3.05) is 27.2 Å². The highest BCUT2D eigenvalue weighted by Gasteiger charge is 2.30. The number of hydrogen-bond acceptors (Lipinski definition) is 5. The largest absolute Gasteiger partial charge is 0.489 e. The lowest BCUT2D eigenvalue weighted by Gasteiger charge is -2.24. The molecule has 196 valence electrons. The summed E-state index contributed by atoms with van der Waals surface area (Å²) in [5.41, 5.74) is 8.05. The molecule has 2 aromatic heterocycles. The molecule has 7 nitrogen and oxygen atoms in total. The zero-order valence-electron chi connectivity index (χ0n) is 22.6. The topological polar surface area (TPSA) is 72.3 Å². The highest BCUT2D eigenvalue weighted by Crippen LogP contribution is 2.37. The maximum Gasteiger partial charge on any atom is 0.272 e. The summed E-state index contributed by atoms with van der Waals surface area (Å²) in [4.78, 5) is 19.1. The van der Waals surface area contributed by atoms with Gasteiger partial charge in [0, 0.05) is 37.1 Å². The molecule has 2 aromatic carbocycles. The molecular formula is C31H35N5O2. The molecule has 0 fully saturated rings. The van der Waals surface area contributed by atoms with Gasteiger partial charge in [-0.1, -0.05) is 44.2 Å². The summed E-state index contributed by atoms with van der Waals surface area (Å²) in [6.07, 6.45) is 4.50. The number of pyridine rings is 1. The minimum atomic E-state index is -0.0155. The SMILES string of the molecule is CNCCc1cc(COc2ccc(-c3c(-c4ccncc4)nn4c3C(=O)N(C)CC4)cc2)ccc1C(C)C. The first-order chi connectivity index (χ1) is 18.5. The van der Waals surface area contributed by atoms with Gasteiger partial charge in [0.2, 0.25) is 0 Å². The van der Waals surface area contributed by atoms with Crippen LogP contribution in [0.4, 0.5) is 0 Å². The maximum absolute atomic E-state index is 13.2. The lowest BCUT2D eigenvalue weighted by molar-refractivity contribution is 0.0744. The van der Waals surface area contributed by atoms with Crippen molar-refractivity contribution in [1.29, 1.82) is 0 Å². The standard InChI is InChI=1S/C31H35N5O2/c1-21(2)27-10-5-22(19-25(27)11-14-32-3)20-38-26-8-6-23(7-9-26)28-29(24-12-15-33-16-13-24)34-36-18-17-35(4)31(37)30(28)36/h5-10,12-13,15-16,19,21,32H,11,14,17-18,20H2,1-4H3. The number of hydrogen-bond donors (Lipinski definition) is 1. The number of nitrogens with zero attached hydrogens (tertiary/aromatic N) is 4. The summed E-state index contributed by atoms with van der Waals surface area (Å²) in [6.45, 7) is 7.23. The maximum atomic E-state index is 13.2. The van der Waals surface area contributed by atoms with Gasteiger partial charge in [-0.25, -0.2) is 0 Å². The van der Waals surface area contributed by atoms with Crippen molar-refractivity contribution in [3.63, 3.8) is 0 Å². The average Bonchev–Trinajstić information content (AvgIpc) is 3.34. The number of nitrogens with one attached hydrogen (secondary N) is 1. The first kappa shape index (κ1) is 25.7. The Hall–Kier alpha value is -3.97. The fourth-order valence-electron chi connectivity index (χ4n) is 5.03. The van der Waals surface area contributed by atoms with Crippen molar-refractivity contribution < 1.29 is 9.53 Å². The summed E-state index contributed by atoms with van der Waals surface area (Å²) in [5.74, 6) is 1.26. The van der Waals surface area contributed by atoms with Crippen LogP contribution in [0.3, 0.4) is 0 Å². The van der Waals surface area contributed by atoms with Gasteiger partial charge in [0.25, 0.3) is 5.91 Å². The van der Waals surface area contributed by atoms with E-state index in [1.54, 1.807) is 17.3 Å². The Morgan fingerprint density at radius 1 is 1.00 bits per heavy atom. The third-order valence-corrected chi connectivity index (χ3v) is 7.12. The van der Waals surface area contributed by atoms with Crippen LogP contribution in [0.15, 0.2) is 67.0 Å². The summed E-state index contributed by atoms with van der Waals surface area (Å²) >= 11 is 0. The van der Waals surface area contributed by atoms with Crippen molar-refractivity contribution in [2.24, 2.45) is 0 Å². The molecule has 0 atom stereocenters.